The monoisotopic (exact) mass is 334 g/mol. The van der Waals surface area contributed by atoms with Crippen LogP contribution in [-0.2, 0) is 4.74 Å². The normalized spacial score (nSPS) is 16.9. The molecule has 0 aliphatic carbocycles. The number of thiophene rings is 1. The van der Waals surface area contributed by atoms with Crippen molar-refractivity contribution in [3.05, 3.63) is 58.0 Å². The Morgan fingerprint density at radius 3 is 2.65 bits per heavy atom. The molecular formula is C17H19FN2O2S. The molecule has 1 amide bonds. The van der Waals surface area contributed by atoms with Crippen LogP contribution in [0.15, 0.2) is 41.1 Å². The second-order valence-electron chi connectivity index (χ2n) is 5.44. The highest BCUT2D eigenvalue weighted by molar-refractivity contribution is 7.07. The SMILES string of the molecule is O=C(NC[C@H](c1ccsc1)N1CCOCC1)c1ccc(F)cc1. The van der Waals surface area contributed by atoms with E-state index < -0.39 is 0 Å². The predicted molar refractivity (Wildman–Crippen MR) is 88.2 cm³/mol. The highest BCUT2D eigenvalue weighted by atomic mass is 32.1. The summed E-state index contributed by atoms with van der Waals surface area (Å²) in [7, 11) is 0. The van der Waals surface area contributed by atoms with Crippen LogP contribution in [0, 0.1) is 5.82 Å². The largest absolute Gasteiger partial charge is 0.379 e. The van der Waals surface area contributed by atoms with E-state index in [0.29, 0.717) is 25.3 Å². The van der Waals surface area contributed by atoms with Gasteiger partial charge in [-0.05, 0) is 46.7 Å². The maximum atomic E-state index is 12.9. The number of morpholine rings is 1. The van der Waals surface area contributed by atoms with Gasteiger partial charge in [0.25, 0.3) is 5.91 Å². The van der Waals surface area contributed by atoms with Gasteiger partial charge in [-0.15, -0.1) is 0 Å². The first kappa shape index (κ1) is 16.1. The quantitative estimate of drug-likeness (QED) is 0.914. The summed E-state index contributed by atoms with van der Waals surface area (Å²) < 4.78 is 18.4. The first-order valence-corrected chi connectivity index (χ1v) is 8.56. The van der Waals surface area contributed by atoms with Gasteiger partial charge in [0.05, 0.1) is 19.3 Å². The molecule has 1 aliphatic rings. The van der Waals surface area contributed by atoms with Crippen molar-refractivity contribution in [2.75, 3.05) is 32.8 Å². The Hall–Kier alpha value is -1.76. The summed E-state index contributed by atoms with van der Waals surface area (Å²) in [5.41, 5.74) is 1.67. The van der Waals surface area contributed by atoms with Crippen molar-refractivity contribution in [1.82, 2.24) is 10.2 Å². The molecule has 1 atom stereocenters. The standard InChI is InChI=1S/C17H19FN2O2S/c18-15-3-1-13(2-4-15)17(21)19-11-16(14-5-10-23-12-14)20-6-8-22-9-7-20/h1-5,10,12,16H,6-9,11H2,(H,19,21)/t16-/m1/s1. The number of nitrogens with zero attached hydrogens (tertiary/aromatic N) is 1. The van der Waals surface area contributed by atoms with Gasteiger partial charge in [-0.25, -0.2) is 4.39 Å². The molecule has 1 N–H and O–H groups in total. The molecule has 0 bridgehead atoms. The van der Waals surface area contributed by atoms with E-state index in [9.17, 15) is 9.18 Å². The van der Waals surface area contributed by atoms with Gasteiger partial charge in [0.2, 0.25) is 0 Å². The Morgan fingerprint density at radius 1 is 1.26 bits per heavy atom. The number of amides is 1. The summed E-state index contributed by atoms with van der Waals surface area (Å²) in [4.78, 5) is 14.6. The van der Waals surface area contributed by atoms with Gasteiger partial charge < -0.3 is 10.1 Å². The molecular weight excluding hydrogens is 315 g/mol. The number of hydrogen-bond donors (Lipinski definition) is 1. The molecule has 2 aromatic rings. The zero-order valence-electron chi connectivity index (χ0n) is 12.7. The van der Waals surface area contributed by atoms with E-state index in [-0.39, 0.29) is 17.8 Å². The van der Waals surface area contributed by atoms with Crippen molar-refractivity contribution < 1.29 is 13.9 Å². The fourth-order valence-electron chi connectivity index (χ4n) is 2.70. The number of carbonyl (C=O) groups is 1. The zero-order chi connectivity index (χ0) is 16.1. The summed E-state index contributed by atoms with van der Waals surface area (Å²) in [6.07, 6.45) is 0. The third-order valence-corrected chi connectivity index (χ3v) is 4.68. The topological polar surface area (TPSA) is 41.6 Å². The van der Waals surface area contributed by atoms with Crippen molar-refractivity contribution >= 4 is 17.2 Å². The van der Waals surface area contributed by atoms with Crippen LogP contribution in [0.1, 0.15) is 22.0 Å². The molecule has 2 heterocycles. The Bertz CT molecular complexity index is 625. The summed E-state index contributed by atoms with van der Waals surface area (Å²) in [6.45, 7) is 3.66. The number of halogens is 1. The summed E-state index contributed by atoms with van der Waals surface area (Å²) in [5.74, 6) is -0.524. The summed E-state index contributed by atoms with van der Waals surface area (Å²) >= 11 is 1.65. The molecule has 0 saturated carbocycles. The summed E-state index contributed by atoms with van der Waals surface area (Å²) in [5, 5.41) is 7.13. The molecule has 122 valence electrons. The maximum Gasteiger partial charge on any atom is 0.251 e. The molecule has 1 aromatic carbocycles. The van der Waals surface area contributed by atoms with E-state index in [0.717, 1.165) is 13.1 Å². The zero-order valence-corrected chi connectivity index (χ0v) is 13.5. The van der Waals surface area contributed by atoms with Crippen molar-refractivity contribution in [2.45, 2.75) is 6.04 Å². The predicted octanol–water partition coefficient (Wildman–Crippen LogP) is 2.69. The first-order valence-electron chi connectivity index (χ1n) is 7.62. The fourth-order valence-corrected chi connectivity index (χ4v) is 3.41. The van der Waals surface area contributed by atoms with E-state index in [4.69, 9.17) is 4.74 Å². The van der Waals surface area contributed by atoms with E-state index in [1.165, 1.54) is 29.8 Å². The number of carbonyl (C=O) groups excluding carboxylic acids is 1. The van der Waals surface area contributed by atoms with Gasteiger partial charge in [0.1, 0.15) is 5.82 Å². The highest BCUT2D eigenvalue weighted by Crippen LogP contribution is 2.23. The van der Waals surface area contributed by atoms with Crippen LogP contribution in [0.4, 0.5) is 4.39 Å². The molecule has 6 heteroatoms. The first-order chi connectivity index (χ1) is 11.2. The third kappa shape index (κ3) is 4.16. The molecule has 0 spiro atoms. The van der Waals surface area contributed by atoms with Crippen LogP contribution in [0.25, 0.3) is 0 Å². The average molecular weight is 334 g/mol. The molecule has 23 heavy (non-hydrogen) atoms. The van der Waals surface area contributed by atoms with Gasteiger partial charge in [-0.1, -0.05) is 0 Å². The lowest BCUT2D eigenvalue weighted by atomic mass is 10.1. The third-order valence-electron chi connectivity index (χ3n) is 3.98. The maximum absolute atomic E-state index is 12.9. The highest BCUT2D eigenvalue weighted by Gasteiger charge is 2.23. The number of nitrogens with one attached hydrogen (secondary N) is 1. The molecule has 0 unspecified atom stereocenters. The van der Waals surface area contributed by atoms with Gasteiger partial charge in [0, 0.05) is 25.2 Å². The van der Waals surface area contributed by atoms with E-state index in [1.54, 1.807) is 11.3 Å². The van der Waals surface area contributed by atoms with Crippen molar-refractivity contribution in [1.29, 1.82) is 0 Å². The molecule has 1 saturated heterocycles. The Kier molecular flexibility index (Phi) is 5.38. The number of benzene rings is 1. The fraction of sp³-hybridized carbons (Fsp3) is 0.353. The van der Waals surface area contributed by atoms with E-state index in [2.05, 4.69) is 21.7 Å². The van der Waals surface area contributed by atoms with Crippen LogP contribution in [0.5, 0.6) is 0 Å². The summed E-state index contributed by atoms with van der Waals surface area (Å²) in [6, 6.07) is 7.82. The average Bonchev–Trinajstić information content (AvgIpc) is 3.11. The second-order valence-corrected chi connectivity index (χ2v) is 6.22. The minimum Gasteiger partial charge on any atom is -0.379 e. The Balaban J connectivity index is 1.66. The van der Waals surface area contributed by atoms with Crippen LogP contribution in [0.2, 0.25) is 0 Å². The van der Waals surface area contributed by atoms with Crippen LogP contribution < -0.4 is 5.32 Å². The molecule has 1 fully saturated rings. The lowest BCUT2D eigenvalue weighted by molar-refractivity contribution is 0.0163. The van der Waals surface area contributed by atoms with Gasteiger partial charge >= 0.3 is 0 Å². The minimum atomic E-state index is -0.342. The number of hydrogen-bond acceptors (Lipinski definition) is 4. The minimum absolute atomic E-state index is 0.134. The van der Waals surface area contributed by atoms with Crippen molar-refractivity contribution in [3.63, 3.8) is 0 Å². The molecule has 0 radical (unpaired) electrons. The van der Waals surface area contributed by atoms with E-state index in [1.807, 2.05) is 5.38 Å². The molecule has 1 aliphatic heterocycles. The Labute approximate surface area is 138 Å². The van der Waals surface area contributed by atoms with Gasteiger partial charge in [0.15, 0.2) is 0 Å². The molecule has 4 nitrogen and oxygen atoms in total. The lowest BCUT2D eigenvalue weighted by Crippen LogP contribution is -2.43. The molecule has 1 aromatic heterocycles. The second kappa shape index (κ2) is 7.68. The Morgan fingerprint density at radius 2 is 2.00 bits per heavy atom. The van der Waals surface area contributed by atoms with Crippen molar-refractivity contribution in [2.24, 2.45) is 0 Å². The van der Waals surface area contributed by atoms with Crippen LogP contribution in [0.3, 0.4) is 0 Å². The van der Waals surface area contributed by atoms with Gasteiger partial charge in [-0.2, -0.15) is 11.3 Å². The molecule has 3 rings (SSSR count). The van der Waals surface area contributed by atoms with Crippen LogP contribution in [-0.4, -0.2) is 43.7 Å². The van der Waals surface area contributed by atoms with E-state index >= 15 is 0 Å². The van der Waals surface area contributed by atoms with Gasteiger partial charge in [-0.3, -0.25) is 9.69 Å². The number of ether oxygens (including phenoxy) is 1. The van der Waals surface area contributed by atoms with Crippen molar-refractivity contribution in [3.8, 4) is 0 Å². The van der Waals surface area contributed by atoms with Crippen LogP contribution >= 0.6 is 11.3 Å². The number of rotatable bonds is 5. The smallest absolute Gasteiger partial charge is 0.251 e. The lowest BCUT2D eigenvalue weighted by Gasteiger charge is -2.34.